The number of H-pyrrole nitrogens is 1. The number of rotatable bonds is 4. The van der Waals surface area contributed by atoms with Crippen molar-refractivity contribution in [3.8, 4) is 11.5 Å². The van der Waals surface area contributed by atoms with Crippen molar-refractivity contribution >= 4 is 23.2 Å². The Morgan fingerprint density at radius 2 is 1.96 bits per heavy atom. The van der Waals surface area contributed by atoms with Gasteiger partial charge in [0.2, 0.25) is 11.7 Å². The van der Waals surface area contributed by atoms with Crippen molar-refractivity contribution in [2.75, 3.05) is 0 Å². The van der Waals surface area contributed by atoms with Crippen molar-refractivity contribution in [3.05, 3.63) is 52.0 Å². The zero-order valence-electron chi connectivity index (χ0n) is 13.7. The van der Waals surface area contributed by atoms with E-state index in [0.29, 0.717) is 16.6 Å². The number of nitrogens with zero attached hydrogens (tertiary/aromatic N) is 6. The van der Waals surface area contributed by atoms with Crippen LogP contribution in [0.2, 0.25) is 0 Å². The first-order chi connectivity index (χ1) is 12.5. The molecule has 0 aliphatic heterocycles. The number of hydrogen-bond acceptors (Lipinski definition) is 8. The maximum atomic E-state index is 10.7. The number of aryl methyl sites for hydroxylation is 2. The highest BCUT2D eigenvalue weighted by Gasteiger charge is 2.19. The lowest BCUT2D eigenvalue weighted by molar-refractivity contribution is -0.620. The van der Waals surface area contributed by atoms with Gasteiger partial charge in [-0.2, -0.15) is 0 Å². The SMILES string of the molecule is Cc1cc(Sc2nnc(-c3ccc([N+](=O)[O-])cc3)o2)[n+]2[nH]c(C)nc2n1. The van der Waals surface area contributed by atoms with Crippen LogP contribution in [0.1, 0.15) is 11.5 Å². The number of aromatic amines is 1. The molecular formula is C15H12N7O3S+. The van der Waals surface area contributed by atoms with Crippen LogP contribution in [-0.2, 0) is 0 Å². The van der Waals surface area contributed by atoms with Crippen molar-refractivity contribution in [1.82, 2.24) is 25.3 Å². The van der Waals surface area contributed by atoms with Gasteiger partial charge in [-0.25, -0.2) is 5.10 Å². The fourth-order valence-corrected chi connectivity index (χ4v) is 3.19. The van der Waals surface area contributed by atoms with Gasteiger partial charge in [-0.05, 0) is 19.1 Å². The van der Waals surface area contributed by atoms with E-state index in [-0.39, 0.29) is 11.6 Å². The smallest absolute Gasteiger partial charge is 0.411 e. The molecule has 0 bridgehead atoms. The quantitative estimate of drug-likeness (QED) is 0.251. The minimum absolute atomic E-state index is 0.00327. The fraction of sp³-hybridized carbons (Fsp3) is 0.133. The Labute approximate surface area is 150 Å². The molecule has 4 rings (SSSR count). The van der Waals surface area contributed by atoms with Crippen molar-refractivity contribution in [3.63, 3.8) is 0 Å². The third kappa shape index (κ3) is 2.99. The molecule has 4 aromatic rings. The molecule has 0 aliphatic carbocycles. The zero-order valence-corrected chi connectivity index (χ0v) is 14.5. The molecule has 0 saturated heterocycles. The van der Waals surface area contributed by atoms with Gasteiger partial charge in [0.05, 0.1) is 4.92 Å². The average molecular weight is 370 g/mol. The van der Waals surface area contributed by atoms with Crippen molar-refractivity contribution in [1.29, 1.82) is 0 Å². The number of nitrogens with one attached hydrogen (secondary N) is 1. The predicted molar refractivity (Wildman–Crippen MR) is 89.5 cm³/mol. The van der Waals surface area contributed by atoms with Crippen LogP contribution in [0.4, 0.5) is 5.69 Å². The summed E-state index contributed by atoms with van der Waals surface area (Å²) in [6.07, 6.45) is 0. The molecule has 3 heterocycles. The molecule has 3 aromatic heterocycles. The average Bonchev–Trinajstić information content (AvgIpc) is 3.21. The second kappa shape index (κ2) is 6.19. The Hall–Kier alpha value is -3.34. The second-order valence-electron chi connectivity index (χ2n) is 5.46. The van der Waals surface area contributed by atoms with Gasteiger partial charge in [0, 0.05) is 42.4 Å². The van der Waals surface area contributed by atoms with E-state index in [2.05, 4.69) is 25.3 Å². The highest BCUT2D eigenvalue weighted by Crippen LogP contribution is 2.28. The Bertz CT molecular complexity index is 1120. The van der Waals surface area contributed by atoms with Gasteiger partial charge in [-0.3, -0.25) is 10.1 Å². The lowest BCUT2D eigenvalue weighted by Gasteiger charge is -1.96. The van der Waals surface area contributed by atoms with Crippen LogP contribution in [0.15, 0.2) is 45.0 Å². The molecule has 11 heteroatoms. The van der Waals surface area contributed by atoms with Crippen LogP contribution >= 0.6 is 11.8 Å². The Morgan fingerprint density at radius 3 is 2.69 bits per heavy atom. The summed E-state index contributed by atoms with van der Waals surface area (Å²) in [4.78, 5) is 18.9. The van der Waals surface area contributed by atoms with Crippen LogP contribution in [0.5, 0.6) is 0 Å². The van der Waals surface area contributed by atoms with Crippen molar-refractivity contribution in [2.45, 2.75) is 24.1 Å². The van der Waals surface area contributed by atoms with Gasteiger partial charge in [0.1, 0.15) is 5.69 Å². The Kier molecular flexibility index (Phi) is 3.84. The summed E-state index contributed by atoms with van der Waals surface area (Å²) in [7, 11) is 0. The minimum Gasteiger partial charge on any atom is -0.411 e. The van der Waals surface area contributed by atoms with Crippen molar-refractivity contribution in [2.24, 2.45) is 0 Å². The topological polar surface area (TPSA) is 128 Å². The van der Waals surface area contributed by atoms with Crippen LogP contribution in [-0.4, -0.2) is 30.2 Å². The molecule has 0 radical (unpaired) electrons. The Morgan fingerprint density at radius 1 is 1.19 bits per heavy atom. The van der Waals surface area contributed by atoms with Crippen molar-refractivity contribution < 1.29 is 13.9 Å². The molecular weight excluding hydrogens is 358 g/mol. The molecule has 10 nitrogen and oxygen atoms in total. The number of fused-ring (bicyclic) bond motifs is 1. The summed E-state index contributed by atoms with van der Waals surface area (Å²) in [5.41, 5.74) is 1.42. The van der Waals surface area contributed by atoms with E-state index in [1.165, 1.54) is 23.9 Å². The lowest BCUT2D eigenvalue weighted by atomic mass is 10.2. The van der Waals surface area contributed by atoms with E-state index in [9.17, 15) is 10.1 Å². The molecule has 26 heavy (non-hydrogen) atoms. The van der Waals surface area contributed by atoms with Crippen LogP contribution in [0.25, 0.3) is 17.2 Å². The van der Waals surface area contributed by atoms with Crippen LogP contribution < -0.4 is 4.52 Å². The first kappa shape index (κ1) is 16.1. The first-order valence-electron chi connectivity index (χ1n) is 7.52. The largest absolute Gasteiger partial charge is 0.458 e. The van der Waals surface area contributed by atoms with Gasteiger partial charge >= 0.3 is 5.78 Å². The normalized spacial score (nSPS) is 11.2. The van der Waals surface area contributed by atoms with Crippen LogP contribution in [0, 0.1) is 24.0 Å². The molecule has 0 saturated carbocycles. The molecule has 0 unspecified atom stereocenters. The molecule has 130 valence electrons. The van der Waals surface area contributed by atoms with E-state index in [4.69, 9.17) is 4.42 Å². The zero-order chi connectivity index (χ0) is 18.3. The number of non-ortho nitro benzene ring substituents is 1. The third-order valence-corrected chi connectivity index (χ3v) is 4.34. The number of nitro benzene ring substituents is 1. The van der Waals surface area contributed by atoms with Gasteiger partial charge in [0.25, 0.3) is 10.9 Å². The first-order valence-corrected chi connectivity index (χ1v) is 8.33. The van der Waals surface area contributed by atoms with E-state index in [1.54, 1.807) is 16.6 Å². The monoisotopic (exact) mass is 370 g/mol. The number of hydrogen-bond donors (Lipinski definition) is 1. The van der Waals surface area contributed by atoms with Gasteiger partial charge < -0.3 is 4.42 Å². The van der Waals surface area contributed by atoms with E-state index >= 15 is 0 Å². The third-order valence-electron chi connectivity index (χ3n) is 3.49. The van der Waals surface area contributed by atoms with E-state index in [0.717, 1.165) is 16.5 Å². The summed E-state index contributed by atoms with van der Waals surface area (Å²) in [5.74, 6) is 1.58. The Balaban J connectivity index is 1.64. The summed E-state index contributed by atoms with van der Waals surface area (Å²) >= 11 is 1.27. The molecule has 0 atom stereocenters. The van der Waals surface area contributed by atoms with Gasteiger partial charge in [-0.15, -0.1) is 14.7 Å². The summed E-state index contributed by atoms with van der Waals surface area (Å²) in [5, 5.41) is 23.0. The van der Waals surface area contributed by atoms with Crippen LogP contribution in [0.3, 0.4) is 0 Å². The predicted octanol–water partition coefficient (Wildman–Crippen LogP) is 2.27. The van der Waals surface area contributed by atoms with E-state index < -0.39 is 4.92 Å². The molecule has 1 aromatic carbocycles. The fourth-order valence-electron chi connectivity index (χ4n) is 2.36. The molecule has 0 fully saturated rings. The van der Waals surface area contributed by atoms with Gasteiger partial charge in [0.15, 0.2) is 5.03 Å². The maximum Gasteiger partial charge on any atom is 0.458 e. The molecule has 0 amide bonds. The summed E-state index contributed by atoms with van der Waals surface area (Å²) < 4.78 is 7.41. The molecule has 1 N–H and O–H groups in total. The highest BCUT2D eigenvalue weighted by molar-refractivity contribution is 7.98. The maximum absolute atomic E-state index is 10.7. The lowest BCUT2D eigenvalue weighted by Crippen LogP contribution is -2.27. The standard InChI is InChI=1S/C15H11N7O3S/c1-8-7-12(21-14(16-8)17-9(2)20-21)26-15-19-18-13(25-15)10-3-5-11(6-4-10)22(23)24/h3-7H,1-2H3/p+1. The second-order valence-corrected chi connectivity index (χ2v) is 6.43. The molecule has 0 aliphatic rings. The van der Waals surface area contributed by atoms with Gasteiger partial charge in [-0.1, -0.05) is 9.97 Å². The summed E-state index contributed by atoms with van der Waals surface area (Å²) in [6.45, 7) is 3.72. The van der Waals surface area contributed by atoms with E-state index in [1.807, 2.05) is 19.9 Å². The summed E-state index contributed by atoms with van der Waals surface area (Å²) in [6, 6.07) is 7.81. The highest BCUT2D eigenvalue weighted by atomic mass is 32.2. The number of benzene rings is 1. The minimum atomic E-state index is -0.459. The number of nitro groups is 1. The number of aromatic nitrogens is 6. The molecule has 0 spiro atoms.